The van der Waals surface area contributed by atoms with Crippen molar-refractivity contribution in [2.75, 3.05) is 17.2 Å². The van der Waals surface area contributed by atoms with Crippen LogP contribution in [0, 0.1) is 6.92 Å². The van der Waals surface area contributed by atoms with Gasteiger partial charge >= 0.3 is 0 Å². The Labute approximate surface area is 119 Å². The topological polar surface area (TPSA) is 72.3 Å². The first kappa shape index (κ1) is 13.9. The lowest BCUT2D eigenvalue weighted by atomic mass is 10.1. The summed E-state index contributed by atoms with van der Waals surface area (Å²) in [4.78, 5) is 13.3. The number of rotatable bonds is 4. The smallest absolute Gasteiger partial charge is 0.248 e. The molecule has 104 valence electrons. The molecule has 2 rings (SSSR count). The fourth-order valence-corrected chi connectivity index (χ4v) is 2.29. The third kappa shape index (κ3) is 2.59. The van der Waals surface area contributed by atoms with Crippen molar-refractivity contribution in [2.24, 2.45) is 5.73 Å². The van der Waals surface area contributed by atoms with Crippen LogP contribution in [-0.4, -0.2) is 12.5 Å². The van der Waals surface area contributed by atoms with E-state index in [1.165, 1.54) is 5.56 Å². The predicted octanol–water partition coefficient (Wildman–Crippen LogP) is 2.83. The molecule has 1 amide bonds. The fraction of sp³-hybridized carbons (Fsp3) is 0.188. The number of nitrogens with zero attached hydrogens (tertiary/aromatic N) is 1. The van der Waals surface area contributed by atoms with Gasteiger partial charge in [0, 0.05) is 17.8 Å². The molecule has 0 spiro atoms. The van der Waals surface area contributed by atoms with E-state index in [0.29, 0.717) is 11.3 Å². The second-order valence-corrected chi connectivity index (χ2v) is 4.67. The highest BCUT2D eigenvalue weighted by atomic mass is 16.1. The van der Waals surface area contributed by atoms with E-state index in [4.69, 9.17) is 11.5 Å². The molecule has 0 radical (unpaired) electrons. The summed E-state index contributed by atoms with van der Waals surface area (Å²) in [7, 11) is 0. The lowest BCUT2D eigenvalue weighted by Gasteiger charge is -2.26. The van der Waals surface area contributed by atoms with E-state index in [2.05, 4.69) is 30.9 Å². The van der Waals surface area contributed by atoms with Crippen LogP contribution in [0.5, 0.6) is 0 Å². The zero-order valence-corrected chi connectivity index (χ0v) is 11.8. The molecular formula is C16H19N3O. The van der Waals surface area contributed by atoms with Gasteiger partial charge in [-0.25, -0.2) is 0 Å². The van der Waals surface area contributed by atoms with Crippen molar-refractivity contribution in [1.82, 2.24) is 0 Å². The van der Waals surface area contributed by atoms with Crippen LogP contribution in [0.1, 0.15) is 22.8 Å². The molecule has 4 heteroatoms. The van der Waals surface area contributed by atoms with E-state index >= 15 is 0 Å². The summed E-state index contributed by atoms with van der Waals surface area (Å²) in [5.74, 6) is -0.470. The summed E-state index contributed by atoms with van der Waals surface area (Å²) < 4.78 is 0. The minimum Gasteiger partial charge on any atom is -0.397 e. The van der Waals surface area contributed by atoms with Crippen LogP contribution < -0.4 is 16.4 Å². The van der Waals surface area contributed by atoms with E-state index in [1.807, 2.05) is 18.2 Å². The number of carbonyl (C=O) groups excluding carboxylic acids is 1. The van der Waals surface area contributed by atoms with Gasteiger partial charge in [-0.1, -0.05) is 18.2 Å². The minimum atomic E-state index is -0.470. The molecule has 0 heterocycles. The monoisotopic (exact) mass is 269 g/mol. The molecule has 0 aromatic heterocycles. The highest BCUT2D eigenvalue weighted by Crippen LogP contribution is 2.32. The molecule has 0 saturated heterocycles. The lowest BCUT2D eigenvalue weighted by Crippen LogP contribution is -2.19. The van der Waals surface area contributed by atoms with E-state index in [1.54, 1.807) is 12.1 Å². The molecule has 0 unspecified atom stereocenters. The van der Waals surface area contributed by atoms with E-state index in [-0.39, 0.29) is 0 Å². The van der Waals surface area contributed by atoms with Crippen molar-refractivity contribution in [3.63, 3.8) is 0 Å². The second kappa shape index (κ2) is 5.65. The predicted molar refractivity (Wildman–Crippen MR) is 83.2 cm³/mol. The number of nitrogens with two attached hydrogens (primary N) is 2. The van der Waals surface area contributed by atoms with E-state index in [0.717, 1.165) is 17.9 Å². The van der Waals surface area contributed by atoms with Gasteiger partial charge in [0.1, 0.15) is 0 Å². The van der Waals surface area contributed by atoms with Gasteiger partial charge in [0.05, 0.1) is 11.4 Å². The maximum atomic E-state index is 11.2. The Hall–Kier alpha value is -2.49. The molecular weight excluding hydrogens is 250 g/mol. The summed E-state index contributed by atoms with van der Waals surface area (Å²) >= 11 is 0. The number of amides is 1. The molecule has 20 heavy (non-hydrogen) atoms. The number of primary amides is 1. The molecule has 4 nitrogen and oxygen atoms in total. The molecule has 0 bridgehead atoms. The maximum absolute atomic E-state index is 11.2. The second-order valence-electron chi connectivity index (χ2n) is 4.67. The highest BCUT2D eigenvalue weighted by molar-refractivity contribution is 5.95. The van der Waals surface area contributed by atoms with Crippen molar-refractivity contribution >= 4 is 23.0 Å². The average molecular weight is 269 g/mol. The van der Waals surface area contributed by atoms with Crippen LogP contribution in [0.2, 0.25) is 0 Å². The molecule has 2 aromatic rings. The number of nitrogen functional groups attached to an aromatic ring is 1. The molecule has 0 aliphatic rings. The number of anilines is 3. The number of carbonyl (C=O) groups is 1. The van der Waals surface area contributed by atoms with Gasteiger partial charge in [0.2, 0.25) is 5.91 Å². The summed E-state index contributed by atoms with van der Waals surface area (Å²) in [5.41, 5.74) is 15.5. The van der Waals surface area contributed by atoms with Crippen molar-refractivity contribution in [3.8, 4) is 0 Å². The van der Waals surface area contributed by atoms with Gasteiger partial charge in [-0.05, 0) is 43.7 Å². The quantitative estimate of drug-likeness (QED) is 0.838. The van der Waals surface area contributed by atoms with Crippen molar-refractivity contribution in [2.45, 2.75) is 13.8 Å². The van der Waals surface area contributed by atoms with Gasteiger partial charge in [-0.2, -0.15) is 0 Å². The first-order valence-corrected chi connectivity index (χ1v) is 6.57. The zero-order chi connectivity index (χ0) is 14.7. The fourth-order valence-electron chi connectivity index (χ4n) is 2.29. The standard InChI is InChI=1S/C16H19N3O/c1-3-19(14-7-5-4-6-11(14)2)15-9-8-12(16(18)20)10-13(15)17/h4-10H,3,17H2,1-2H3,(H2,18,20). The van der Waals surface area contributed by atoms with Crippen LogP contribution in [0.25, 0.3) is 0 Å². The van der Waals surface area contributed by atoms with Gasteiger partial charge in [-0.15, -0.1) is 0 Å². The largest absolute Gasteiger partial charge is 0.397 e. The van der Waals surface area contributed by atoms with Gasteiger partial charge in [0.25, 0.3) is 0 Å². The molecule has 0 aliphatic heterocycles. The first-order chi connectivity index (χ1) is 9.54. The lowest BCUT2D eigenvalue weighted by molar-refractivity contribution is 0.100. The summed E-state index contributed by atoms with van der Waals surface area (Å²) in [6.45, 7) is 4.91. The van der Waals surface area contributed by atoms with Gasteiger partial charge in [0.15, 0.2) is 0 Å². The van der Waals surface area contributed by atoms with Crippen molar-refractivity contribution in [3.05, 3.63) is 53.6 Å². The van der Waals surface area contributed by atoms with Crippen LogP contribution in [-0.2, 0) is 0 Å². The Balaban J connectivity index is 2.48. The Morgan fingerprint density at radius 2 is 1.85 bits per heavy atom. The highest BCUT2D eigenvalue weighted by Gasteiger charge is 2.13. The first-order valence-electron chi connectivity index (χ1n) is 6.57. The Bertz CT molecular complexity index is 637. The molecule has 0 atom stereocenters. The molecule has 0 aliphatic carbocycles. The molecule has 4 N–H and O–H groups in total. The zero-order valence-electron chi connectivity index (χ0n) is 11.8. The van der Waals surface area contributed by atoms with E-state index in [9.17, 15) is 4.79 Å². The molecule has 0 saturated carbocycles. The maximum Gasteiger partial charge on any atom is 0.248 e. The third-order valence-corrected chi connectivity index (χ3v) is 3.33. The number of aryl methyl sites for hydroxylation is 1. The van der Waals surface area contributed by atoms with Crippen LogP contribution in [0.15, 0.2) is 42.5 Å². The number of hydrogen-bond donors (Lipinski definition) is 2. The normalized spacial score (nSPS) is 10.3. The van der Waals surface area contributed by atoms with Crippen LogP contribution in [0.4, 0.5) is 17.1 Å². The minimum absolute atomic E-state index is 0.423. The Morgan fingerprint density at radius 1 is 1.15 bits per heavy atom. The van der Waals surface area contributed by atoms with E-state index < -0.39 is 5.91 Å². The average Bonchev–Trinajstić information content (AvgIpc) is 2.43. The number of benzene rings is 2. The van der Waals surface area contributed by atoms with Crippen LogP contribution in [0.3, 0.4) is 0 Å². The van der Waals surface area contributed by atoms with Crippen molar-refractivity contribution < 1.29 is 4.79 Å². The molecule has 0 fully saturated rings. The Kier molecular flexibility index (Phi) is 3.94. The van der Waals surface area contributed by atoms with Crippen LogP contribution >= 0.6 is 0 Å². The number of para-hydroxylation sites is 1. The van der Waals surface area contributed by atoms with Crippen molar-refractivity contribution in [1.29, 1.82) is 0 Å². The summed E-state index contributed by atoms with van der Waals surface area (Å²) in [5, 5.41) is 0. The number of hydrogen-bond acceptors (Lipinski definition) is 3. The molecule has 2 aromatic carbocycles. The third-order valence-electron chi connectivity index (χ3n) is 3.33. The summed E-state index contributed by atoms with van der Waals surface area (Å²) in [6.07, 6.45) is 0. The Morgan fingerprint density at radius 3 is 2.40 bits per heavy atom. The van der Waals surface area contributed by atoms with Gasteiger partial charge < -0.3 is 16.4 Å². The summed E-state index contributed by atoms with van der Waals surface area (Å²) in [6, 6.07) is 13.3. The SMILES string of the molecule is CCN(c1ccccc1C)c1ccc(C(N)=O)cc1N. The van der Waals surface area contributed by atoms with Gasteiger partial charge in [-0.3, -0.25) is 4.79 Å².